The number of carbonyl (C=O) groups is 1. The van der Waals surface area contributed by atoms with Gasteiger partial charge in [-0.2, -0.15) is 0 Å². The third-order valence-electron chi connectivity index (χ3n) is 3.41. The third kappa shape index (κ3) is 2.92. The minimum absolute atomic E-state index is 0.414. The lowest BCUT2D eigenvalue weighted by Crippen LogP contribution is -2.24. The van der Waals surface area contributed by atoms with Gasteiger partial charge in [0.05, 0.1) is 0 Å². The number of hydrogen-bond acceptors (Lipinski definition) is 2. The van der Waals surface area contributed by atoms with Crippen LogP contribution in [0.25, 0.3) is 0 Å². The Morgan fingerprint density at radius 1 is 1.39 bits per heavy atom. The van der Waals surface area contributed by atoms with E-state index in [2.05, 4.69) is 23.1 Å². The van der Waals surface area contributed by atoms with Crippen molar-refractivity contribution in [2.24, 2.45) is 0 Å². The third-order valence-corrected chi connectivity index (χ3v) is 3.41. The summed E-state index contributed by atoms with van der Waals surface area (Å²) < 4.78 is 0. The molecule has 0 radical (unpaired) electrons. The molecule has 1 aliphatic rings. The van der Waals surface area contributed by atoms with E-state index in [1.165, 1.54) is 17.7 Å². The first-order valence-corrected chi connectivity index (χ1v) is 6.41. The average Bonchev–Trinajstić information content (AvgIpc) is 2.58. The zero-order valence-electron chi connectivity index (χ0n) is 10.7. The van der Waals surface area contributed by atoms with Gasteiger partial charge in [0.25, 0.3) is 0 Å². The van der Waals surface area contributed by atoms with Crippen LogP contribution in [0.2, 0.25) is 0 Å². The van der Waals surface area contributed by atoms with Gasteiger partial charge in [-0.25, -0.2) is 4.79 Å². The number of aryl methyl sites for hydroxylation is 1. The van der Waals surface area contributed by atoms with Crippen molar-refractivity contribution in [2.45, 2.75) is 26.2 Å². The summed E-state index contributed by atoms with van der Waals surface area (Å²) in [5, 5.41) is 8.88. The number of hydrogen-bond donors (Lipinski definition) is 1. The molecule has 0 bridgehead atoms. The molecule has 2 rings (SSSR count). The number of rotatable bonds is 3. The van der Waals surface area contributed by atoms with Gasteiger partial charge in [-0.1, -0.05) is 24.3 Å². The van der Waals surface area contributed by atoms with Crippen LogP contribution < -0.4 is 4.90 Å². The van der Waals surface area contributed by atoms with Crippen molar-refractivity contribution in [2.75, 3.05) is 18.0 Å². The van der Waals surface area contributed by atoms with E-state index in [0.717, 1.165) is 19.4 Å². The molecular formula is C15H19NO2. The van der Waals surface area contributed by atoms with Crippen molar-refractivity contribution in [3.8, 4) is 0 Å². The minimum Gasteiger partial charge on any atom is -0.478 e. The molecule has 96 valence electrons. The van der Waals surface area contributed by atoms with Gasteiger partial charge in [0.15, 0.2) is 0 Å². The lowest BCUT2D eigenvalue weighted by Gasteiger charge is -2.23. The summed E-state index contributed by atoms with van der Waals surface area (Å²) in [6.45, 7) is 3.32. The lowest BCUT2D eigenvalue weighted by atomic mass is 10.1. The maximum Gasteiger partial charge on any atom is 0.331 e. The highest BCUT2D eigenvalue weighted by atomic mass is 16.4. The van der Waals surface area contributed by atoms with E-state index >= 15 is 0 Å². The molecule has 0 fully saturated rings. The first kappa shape index (κ1) is 12.7. The second-order valence-corrected chi connectivity index (χ2v) is 4.72. The largest absolute Gasteiger partial charge is 0.478 e. The maximum atomic E-state index is 10.8. The van der Waals surface area contributed by atoms with Crippen LogP contribution in [0, 0.1) is 0 Å². The van der Waals surface area contributed by atoms with Gasteiger partial charge in [-0.05, 0) is 37.8 Å². The topological polar surface area (TPSA) is 40.5 Å². The monoisotopic (exact) mass is 245 g/mol. The van der Waals surface area contributed by atoms with E-state index in [1.807, 2.05) is 6.07 Å². The molecule has 0 unspecified atom stereocenters. The Morgan fingerprint density at radius 2 is 2.17 bits per heavy atom. The van der Waals surface area contributed by atoms with Gasteiger partial charge < -0.3 is 10.0 Å². The molecule has 3 heteroatoms. The molecule has 1 aromatic carbocycles. The summed E-state index contributed by atoms with van der Waals surface area (Å²) >= 11 is 0. The van der Waals surface area contributed by atoms with E-state index in [9.17, 15) is 4.79 Å². The molecule has 0 saturated carbocycles. The maximum absolute atomic E-state index is 10.8. The first-order valence-electron chi connectivity index (χ1n) is 6.41. The molecule has 3 nitrogen and oxygen atoms in total. The summed E-state index contributed by atoms with van der Waals surface area (Å²) in [6.07, 6.45) is 5.28. The molecule has 18 heavy (non-hydrogen) atoms. The predicted molar refractivity (Wildman–Crippen MR) is 73.0 cm³/mol. The molecule has 0 spiro atoms. The van der Waals surface area contributed by atoms with Gasteiger partial charge in [-0.3, -0.25) is 0 Å². The minimum atomic E-state index is -0.835. The number of para-hydroxylation sites is 1. The van der Waals surface area contributed by atoms with Gasteiger partial charge in [-0.15, -0.1) is 0 Å². The highest BCUT2D eigenvalue weighted by molar-refractivity contribution is 5.85. The summed E-state index contributed by atoms with van der Waals surface area (Å²) in [6, 6.07) is 8.41. The van der Waals surface area contributed by atoms with Crippen LogP contribution in [-0.4, -0.2) is 24.2 Å². The number of benzene rings is 1. The first-order chi connectivity index (χ1) is 8.68. The molecule has 1 N–H and O–H groups in total. The van der Waals surface area contributed by atoms with Gasteiger partial charge in [0.2, 0.25) is 0 Å². The van der Waals surface area contributed by atoms with Crippen molar-refractivity contribution < 1.29 is 9.90 Å². The van der Waals surface area contributed by atoms with Crippen molar-refractivity contribution >= 4 is 11.7 Å². The quantitative estimate of drug-likeness (QED) is 0.832. The Morgan fingerprint density at radius 3 is 2.94 bits per heavy atom. The van der Waals surface area contributed by atoms with Crippen LogP contribution in [0.15, 0.2) is 35.9 Å². The number of fused-ring (bicyclic) bond motifs is 1. The van der Waals surface area contributed by atoms with Gasteiger partial charge >= 0.3 is 5.97 Å². The molecule has 1 aromatic rings. The zero-order valence-corrected chi connectivity index (χ0v) is 10.7. The Kier molecular flexibility index (Phi) is 4.03. The van der Waals surface area contributed by atoms with E-state index in [0.29, 0.717) is 12.1 Å². The van der Waals surface area contributed by atoms with Crippen LogP contribution >= 0.6 is 0 Å². The van der Waals surface area contributed by atoms with Crippen LogP contribution in [0.1, 0.15) is 25.3 Å². The van der Waals surface area contributed by atoms with Crippen LogP contribution in [0.3, 0.4) is 0 Å². The van der Waals surface area contributed by atoms with Crippen LogP contribution in [-0.2, 0) is 11.2 Å². The molecule has 0 atom stereocenters. The fourth-order valence-electron chi connectivity index (χ4n) is 2.29. The van der Waals surface area contributed by atoms with Crippen molar-refractivity contribution in [1.29, 1.82) is 0 Å². The molecule has 1 heterocycles. The second kappa shape index (κ2) is 5.71. The normalized spacial score (nSPS) is 16.1. The Hall–Kier alpha value is -1.77. The van der Waals surface area contributed by atoms with E-state index in [4.69, 9.17) is 5.11 Å². The Labute approximate surface area is 108 Å². The van der Waals surface area contributed by atoms with E-state index < -0.39 is 5.97 Å². The molecule has 0 saturated heterocycles. The molecule has 0 aromatic heterocycles. The highest BCUT2D eigenvalue weighted by Crippen LogP contribution is 2.25. The zero-order chi connectivity index (χ0) is 13.0. The molecule has 0 aliphatic carbocycles. The highest BCUT2D eigenvalue weighted by Gasteiger charge is 2.13. The predicted octanol–water partition coefficient (Wildman–Crippen LogP) is 2.86. The van der Waals surface area contributed by atoms with Crippen molar-refractivity contribution in [3.63, 3.8) is 0 Å². The molecule has 1 aliphatic heterocycles. The Bertz CT molecular complexity index is 465. The number of carboxylic acid groups (broad SMARTS) is 1. The number of aliphatic carboxylic acids is 1. The fourth-order valence-corrected chi connectivity index (χ4v) is 2.29. The fraction of sp³-hybridized carbons (Fsp3) is 0.400. The lowest BCUT2D eigenvalue weighted by molar-refractivity contribution is -0.132. The molecule has 0 amide bonds. The average molecular weight is 245 g/mol. The number of anilines is 1. The molecular weight excluding hydrogens is 226 g/mol. The summed E-state index contributed by atoms with van der Waals surface area (Å²) in [4.78, 5) is 13.1. The summed E-state index contributed by atoms with van der Waals surface area (Å²) in [7, 11) is 0. The Balaban J connectivity index is 2.18. The van der Waals surface area contributed by atoms with Crippen LogP contribution in [0.5, 0.6) is 0 Å². The standard InChI is InChI=1S/C15H19NO2/c1-12(15(17)18)9-11-16-10-5-4-7-13-6-2-3-8-14(13)16/h2-3,6,8-9H,4-5,7,10-11H2,1H3,(H,17,18). The summed E-state index contributed by atoms with van der Waals surface area (Å²) in [5.41, 5.74) is 3.04. The van der Waals surface area contributed by atoms with E-state index in [1.54, 1.807) is 13.0 Å². The second-order valence-electron chi connectivity index (χ2n) is 4.72. The van der Waals surface area contributed by atoms with Gasteiger partial charge in [0, 0.05) is 24.4 Å². The van der Waals surface area contributed by atoms with Crippen molar-refractivity contribution in [3.05, 3.63) is 41.5 Å². The number of carboxylic acids is 1. The van der Waals surface area contributed by atoms with Crippen molar-refractivity contribution in [1.82, 2.24) is 0 Å². The van der Waals surface area contributed by atoms with E-state index in [-0.39, 0.29) is 0 Å². The SMILES string of the molecule is CC(=CCN1CCCCc2ccccc21)C(=O)O. The smallest absolute Gasteiger partial charge is 0.331 e. The van der Waals surface area contributed by atoms with Crippen LogP contribution in [0.4, 0.5) is 5.69 Å². The number of nitrogens with zero attached hydrogens (tertiary/aromatic N) is 1. The summed E-state index contributed by atoms with van der Waals surface area (Å²) in [5.74, 6) is -0.835. The van der Waals surface area contributed by atoms with Gasteiger partial charge in [0.1, 0.15) is 0 Å².